The molecule has 0 radical (unpaired) electrons. The van der Waals surface area contributed by atoms with Gasteiger partial charge in [-0.05, 0) is 38.5 Å². The Labute approximate surface area is 158 Å². The first-order valence-corrected chi connectivity index (χ1v) is 10.1. The number of ketones is 1. The zero-order valence-corrected chi connectivity index (χ0v) is 16.3. The molecule has 1 aliphatic rings. The highest BCUT2D eigenvalue weighted by atomic mass is 32.2. The van der Waals surface area contributed by atoms with E-state index in [0.717, 1.165) is 5.69 Å². The molecule has 27 heavy (non-hydrogen) atoms. The van der Waals surface area contributed by atoms with Gasteiger partial charge < -0.3 is 9.30 Å². The molecule has 8 heteroatoms. The van der Waals surface area contributed by atoms with Crippen molar-refractivity contribution >= 4 is 15.8 Å². The maximum atomic E-state index is 12.9. The summed E-state index contributed by atoms with van der Waals surface area (Å²) < 4.78 is 34.4. The lowest BCUT2D eigenvalue weighted by Gasteiger charge is -2.18. The van der Waals surface area contributed by atoms with E-state index in [1.54, 1.807) is 25.2 Å². The number of pyridine rings is 1. The predicted molar refractivity (Wildman–Crippen MR) is 101 cm³/mol. The number of Topliss-reactive ketones (excluding diaryl/α,β-unsaturated/α-hetero) is 1. The summed E-state index contributed by atoms with van der Waals surface area (Å²) in [5.41, 5.74) is 0.952. The summed E-state index contributed by atoms with van der Waals surface area (Å²) in [5, 5.41) is 0. The van der Waals surface area contributed by atoms with Crippen LogP contribution in [-0.2, 0) is 17.1 Å². The Morgan fingerprint density at radius 2 is 1.96 bits per heavy atom. The first kappa shape index (κ1) is 19.3. The third-order valence-corrected chi connectivity index (χ3v) is 6.63. The molecule has 2 heterocycles. The summed E-state index contributed by atoms with van der Waals surface area (Å²) in [7, 11) is -2.03. The van der Waals surface area contributed by atoms with Crippen molar-refractivity contribution in [3.05, 3.63) is 58.0 Å². The highest BCUT2D eigenvalue weighted by molar-refractivity contribution is 7.89. The molecule has 7 nitrogen and oxygen atoms in total. The van der Waals surface area contributed by atoms with E-state index in [1.807, 2.05) is 6.92 Å². The van der Waals surface area contributed by atoms with Crippen LogP contribution in [-0.4, -0.2) is 42.3 Å². The maximum absolute atomic E-state index is 12.9. The summed E-state index contributed by atoms with van der Waals surface area (Å²) in [6, 6.07) is 9.21. The van der Waals surface area contributed by atoms with Crippen molar-refractivity contribution in [2.75, 3.05) is 13.1 Å². The Balaban J connectivity index is 1.76. The molecule has 1 aromatic heterocycles. The fraction of sp³-hybridized carbons (Fsp3) is 0.368. The van der Waals surface area contributed by atoms with Crippen LogP contribution in [0.3, 0.4) is 0 Å². The van der Waals surface area contributed by atoms with Gasteiger partial charge in [0.1, 0.15) is 11.9 Å². The molecule has 0 saturated carbocycles. The lowest BCUT2D eigenvalue weighted by atomic mass is 10.2. The maximum Gasteiger partial charge on any atom is 0.254 e. The van der Waals surface area contributed by atoms with Gasteiger partial charge in [0.15, 0.2) is 5.78 Å². The number of aromatic nitrogens is 1. The van der Waals surface area contributed by atoms with Crippen LogP contribution in [0.2, 0.25) is 0 Å². The van der Waals surface area contributed by atoms with Crippen molar-refractivity contribution in [2.45, 2.75) is 31.3 Å². The second-order valence-corrected chi connectivity index (χ2v) is 8.64. The van der Waals surface area contributed by atoms with Crippen molar-refractivity contribution in [1.82, 2.24) is 8.87 Å². The van der Waals surface area contributed by atoms with Gasteiger partial charge in [-0.15, -0.1) is 0 Å². The lowest BCUT2D eigenvalue weighted by Crippen LogP contribution is -2.31. The van der Waals surface area contributed by atoms with E-state index >= 15 is 0 Å². The molecule has 1 atom stereocenters. The van der Waals surface area contributed by atoms with E-state index in [2.05, 4.69) is 0 Å². The number of nitrogens with zero attached hydrogens (tertiary/aromatic N) is 2. The van der Waals surface area contributed by atoms with Gasteiger partial charge in [-0.1, -0.05) is 12.1 Å². The average Bonchev–Trinajstić information content (AvgIpc) is 3.09. The monoisotopic (exact) mass is 390 g/mol. The zero-order chi connectivity index (χ0) is 19.8. The fourth-order valence-electron chi connectivity index (χ4n) is 3.03. The number of carbonyl (C=O) groups excluding carboxylic acids is 1. The number of sulfonamides is 1. The van der Waals surface area contributed by atoms with Crippen LogP contribution < -0.4 is 10.3 Å². The molecule has 0 bridgehead atoms. The van der Waals surface area contributed by atoms with E-state index in [9.17, 15) is 18.0 Å². The van der Waals surface area contributed by atoms with Crippen LogP contribution in [0.5, 0.6) is 5.75 Å². The van der Waals surface area contributed by atoms with Crippen LogP contribution in [0.25, 0.3) is 0 Å². The molecular weight excluding hydrogens is 368 g/mol. The van der Waals surface area contributed by atoms with Crippen molar-refractivity contribution in [3.8, 4) is 5.75 Å². The Hall–Kier alpha value is -2.45. The lowest BCUT2D eigenvalue weighted by molar-refractivity contribution is 0.101. The highest BCUT2D eigenvalue weighted by Crippen LogP contribution is 2.24. The first-order chi connectivity index (χ1) is 12.7. The SMILES string of the molecule is CC(=O)c1cccc(S(=O)(=O)N2CCC(Oc3cc(C)n(C)c(=O)c3)C2)c1. The van der Waals surface area contributed by atoms with Gasteiger partial charge in [0, 0.05) is 30.9 Å². The number of benzene rings is 1. The second kappa shape index (κ2) is 7.28. The molecule has 1 aliphatic heterocycles. The molecule has 3 rings (SSSR count). The van der Waals surface area contributed by atoms with E-state index in [-0.39, 0.29) is 28.9 Å². The van der Waals surface area contributed by atoms with Crippen LogP contribution in [0.4, 0.5) is 0 Å². The summed E-state index contributed by atoms with van der Waals surface area (Å²) in [6.45, 7) is 3.72. The third kappa shape index (κ3) is 3.96. The number of ether oxygens (including phenoxy) is 1. The van der Waals surface area contributed by atoms with Crippen molar-refractivity contribution < 1.29 is 17.9 Å². The molecule has 0 spiro atoms. The summed E-state index contributed by atoms with van der Waals surface area (Å²) >= 11 is 0. The molecule has 1 unspecified atom stereocenters. The van der Waals surface area contributed by atoms with E-state index in [0.29, 0.717) is 24.3 Å². The molecule has 1 fully saturated rings. The standard InChI is InChI=1S/C19H22N2O5S/c1-13-9-17(11-19(23)20(13)3)26-16-7-8-21(12-16)27(24,25)18-6-4-5-15(10-18)14(2)22/h4-6,9-11,16H,7-8,12H2,1-3H3. The molecular formula is C19H22N2O5S. The normalized spacial score (nSPS) is 17.8. The number of rotatable bonds is 5. The van der Waals surface area contributed by atoms with Crippen LogP contribution in [0, 0.1) is 6.92 Å². The van der Waals surface area contributed by atoms with E-state index in [1.165, 1.54) is 34.0 Å². The van der Waals surface area contributed by atoms with Crippen LogP contribution in [0.1, 0.15) is 29.4 Å². The van der Waals surface area contributed by atoms with Gasteiger partial charge in [0.25, 0.3) is 5.56 Å². The summed E-state index contributed by atoms with van der Waals surface area (Å²) in [6.07, 6.45) is 0.196. The van der Waals surface area contributed by atoms with Crippen LogP contribution in [0.15, 0.2) is 46.1 Å². The molecule has 0 N–H and O–H groups in total. The summed E-state index contributed by atoms with van der Waals surface area (Å²) in [4.78, 5) is 23.5. The number of hydrogen-bond acceptors (Lipinski definition) is 5. The number of carbonyl (C=O) groups is 1. The van der Waals surface area contributed by atoms with Gasteiger partial charge in [-0.2, -0.15) is 4.31 Å². The fourth-order valence-corrected chi connectivity index (χ4v) is 4.57. The first-order valence-electron chi connectivity index (χ1n) is 8.64. The Morgan fingerprint density at radius 3 is 2.63 bits per heavy atom. The topological polar surface area (TPSA) is 85.7 Å². The van der Waals surface area contributed by atoms with E-state index in [4.69, 9.17) is 4.74 Å². The minimum atomic E-state index is -3.71. The van der Waals surface area contributed by atoms with Gasteiger partial charge >= 0.3 is 0 Å². The molecule has 1 saturated heterocycles. The second-order valence-electron chi connectivity index (χ2n) is 6.71. The van der Waals surface area contributed by atoms with Gasteiger partial charge in [0.05, 0.1) is 11.4 Å². The molecule has 144 valence electrons. The van der Waals surface area contributed by atoms with Gasteiger partial charge in [0.2, 0.25) is 10.0 Å². The molecule has 0 amide bonds. The van der Waals surface area contributed by atoms with Gasteiger partial charge in [-0.25, -0.2) is 8.42 Å². The largest absolute Gasteiger partial charge is 0.489 e. The minimum Gasteiger partial charge on any atom is -0.489 e. The van der Waals surface area contributed by atoms with Gasteiger partial charge in [-0.3, -0.25) is 9.59 Å². The molecule has 2 aromatic rings. The quantitative estimate of drug-likeness (QED) is 0.726. The number of hydrogen-bond donors (Lipinski definition) is 0. The van der Waals surface area contributed by atoms with E-state index < -0.39 is 10.0 Å². The highest BCUT2D eigenvalue weighted by Gasteiger charge is 2.34. The average molecular weight is 390 g/mol. The van der Waals surface area contributed by atoms with Crippen LogP contribution >= 0.6 is 0 Å². The minimum absolute atomic E-state index is 0.0975. The van der Waals surface area contributed by atoms with Crippen molar-refractivity contribution in [2.24, 2.45) is 7.05 Å². The molecule has 0 aliphatic carbocycles. The predicted octanol–water partition coefficient (Wildman–Crippen LogP) is 1.74. The Kier molecular flexibility index (Phi) is 5.21. The smallest absolute Gasteiger partial charge is 0.254 e. The van der Waals surface area contributed by atoms with Crippen molar-refractivity contribution in [3.63, 3.8) is 0 Å². The third-order valence-electron chi connectivity index (χ3n) is 4.77. The Bertz CT molecular complexity index is 1040. The van der Waals surface area contributed by atoms with Crippen molar-refractivity contribution in [1.29, 1.82) is 0 Å². The Morgan fingerprint density at radius 1 is 1.22 bits per heavy atom. The zero-order valence-electron chi connectivity index (χ0n) is 15.5. The summed E-state index contributed by atoms with van der Waals surface area (Å²) in [5.74, 6) is 0.258. The number of aryl methyl sites for hydroxylation is 1. The molecule has 1 aromatic carbocycles.